The first-order valence-corrected chi connectivity index (χ1v) is 52.9. The number of nitrogens with zero attached hydrogens (tertiary/aromatic N) is 17. The Balaban J connectivity index is 0.000000135. The molecule has 38 nitrogen and oxygen atoms in total. The van der Waals surface area contributed by atoms with Gasteiger partial charge in [-0.3, -0.25) is 57.3 Å². The zero-order valence-corrected chi connectivity index (χ0v) is 82.2. The number of likely N-dealkylation sites (tertiary alicyclic amines) is 2. The Kier molecular flexibility index (Phi) is 28.1. The number of hydrogen-bond acceptors (Lipinski definition) is 28. The van der Waals surface area contributed by atoms with Crippen LogP contribution in [0.15, 0.2) is 116 Å². The maximum Gasteiger partial charge on any atom is 0.272 e. The van der Waals surface area contributed by atoms with Gasteiger partial charge in [-0.1, -0.05) is 24.3 Å². The van der Waals surface area contributed by atoms with Gasteiger partial charge >= 0.3 is 0 Å². The zero-order valence-electron chi connectivity index (χ0n) is 78.9. The Labute approximate surface area is 803 Å². The molecule has 9 aromatic heterocycles. The lowest BCUT2D eigenvalue weighted by Crippen LogP contribution is -2.63. The van der Waals surface area contributed by atoms with E-state index in [0.29, 0.717) is 118 Å². The monoisotopic (exact) mass is 2010 g/mol. The summed E-state index contributed by atoms with van der Waals surface area (Å²) in [7, 11) is -8.65. The Morgan fingerprint density at radius 1 is 0.486 bits per heavy atom. The second kappa shape index (κ2) is 39.1. The van der Waals surface area contributed by atoms with Gasteiger partial charge in [0.05, 0.1) is 131 Å². The summed E-state index contributed by atoms with van der Waals surface area (Å²) >= 11 is 0. The molecule has 0 aliphatic carbocycles. The van der Waals surface area contributed by atoms with Crippen molar-refractivity contribution in [1.29, 1.82) is 0 Å². The first kappa shape index (κ1) is 100. The summed E-state index contributed by atoms with van der Waals surface area (Å²) in [5.41, 5.74) is 5.19. The van der Waals surface area contributed by atoms with Crippen molar-refractivity contribution in [3.05, 3.63) is 150 Å². The van der Waals surface area contributed by atoms with Gasteiger partial charge < -0.3 is 50.0 Å². The fourth-order valence-corrected chi connectivity index (χ4v) is 26.4. The van der Waals surface area contributed by atoms with Crippen molar-refractivity contribution in [3.63, 3.8) is 0 Å². The summed E-state index contributed by atoms with van der Waals surface area (Å²) in [4.78, 5) is 80.6. The van der Waals surface area contributed by atoms with E-state index in [0.717, 1.165) is 61.7 Å². The van der Waals surface area contributed by atoms with Gasteiger partial charge in [0.2, 0.25) is 30.9 Å². The second-order valence-electron chi connectivity index (χ2n) is 38.2. The predicted molar refractivity (Wildman–Crippen MR) is 508 cm³/mol. The molecule has 0 radical (unpaired) electrons. The number of halogens is 5. The van der Waals surface area contributed by atoms with Crippen molar-refractivity contribution >= 4 is 113 Å². The van der Waals surface area contributed by atoms with Crippen molar-refractivity contribution in [2.45, 2.75) is 180 Å². The Hall–Kier alpha value is -12.6. The van der Waals surface area contributed by atoms with Crippen LogP contribution in [0.25, 0.3) is 89.2 Å². The molecule has 7 fully saturated rings. The van der Waals surface area contributed by atoms with Crippen molar-refractivity contribution in [3.8, 4) is 62.5 Å². The number of hydrogen-bond donors (Lipinski definition) is 4. The summed E-state index contributed by atoms with van der Waals surface area (Å²) in [5.74, 6) is -3.23. The summed E-state index contributed by atoms with van der Waals surface area (Å²) in [5, 5.41) is 43.3. The van der Waals surface area contributed by atoms with Gasteiger partial charge in [0, 0.05) is 119 Å². The number of ether oxygens (including phenoxy) is 4. The van der Waals surface area contributed by atoms with Crippen molar-refractivity contribution < 1.29 is 98.5 Å². The SMILES string of the molecule is CC(=O)N1CC(n2nc(-c3cccc(OC(C)F)c3)c3ncc(C(=O)NC4(C)CS(=O)(=O)C4)cc32)C1.CC(F)Oc1cc(-c2nn(C(C)C)c3cc(C(=O)NC4(C)CCS(=O)(=O)CC4)nnc23)c(F)cn1.CC(F)Oc1cccc(-c2nn(C3CCN(C)CC3)c3cc(C(=O)NC4(C)CS(=O)(=O)C4)cnc23)c1.Cn1nccc1-c1nn(C2CCOCC2)c2cc(C(=O)N[C@@]3(C)CCS(=O)(=O)C3)c(F)cc12. The zero-order chi connectivity index (χ0) is 100. The van der Waals surface area contributed by atoms with Gasteiger partial charge in [0.25, 0.3) is 23.6 Å². The number of alkyl halides is 3. The van der Waals surface area contributed by atoms with Crippen LogP contribution >= 0.6 is 0 Å². The highest BCUT2D eigenvalue weighted by molar-refractivity contribution is 7.93. The third kappa shape index (κ3) is 22.4. The van der Waals surface area contributed by atoms with E-state index in [2.05, 4.69) is 68.6 Å². The molecule has 746 valence electrons. The molecule has 0 spiro atoms. The van der Waals surface area contributed by atoms with E-state index >= 15 is 4.39 Å². The van der Waals surface area contributed by atoms with Gasteiger partial charge in [-0.2, -0.15) is 25.5 Å². The molecular weight excluding hydrogens is 1910 g/mol. The number of aromatic nitrogens is 15. The number of fused-ring (bicyclic) bond motifs is 4. The summed E-state index contributed by atoms with van der Waals surface area (Å²) in [6.45, 7) is 19.9. The highest BCUT2D eigenvalue weighted by Gasteiger charge is 2.48. The molecule has 7 aliphatic rings. The highest BCUT2D eigenvalue weighted by Crippen LogP contribution is 2.41. The molecule has 0 bridgehead atoms. The number of nitrogens with one attached hydrogen (secondary N) is 4. The van der Waals surface area contributed by atoms with E-state index in [1.54, 1.807) is 108 Å². The molecule has 7 saturated heterocycles. The van der Waals surface area contributed by atoms with E-state index in [9.17, 15) is 75.2 Å². The molecule has 12 aromatic rings. The van der Waals surface area contributed by atoms with E-state index < -0.39 is 110 Å². The minimum Gasteiger partial charge on any atom is -0.461 e. The summed E-state index contributed by atoms with van der Waals surface area (Å²) in [6.07, 6.45) is 5.15. The lowest BCUT2D eigenvalue weighted by atomic mass is 9.94. The number of piperidine rings is 1. The maximum absolute atomic E-state index is 15.2. The van der Waals surface area contributed by atoms with E-state index in [-0.39, 0.29) is 121 Å². The van der Waals surface area contributed by atoms with Gasteiger partial charge in [-0.05, 0) is 167 Å². The van der Waals surface area contributed by atoms with Gasteiger partial charge in [0.15, 0.2) is 41.0 Å². The molecule has 140 heavy (non-hydrogen) atoms. The third-order valence-electron chi connectivity index (χ3n) is 25.5. The van der Waals surface area contributed by atoms with Crippen molar-refractivity contribution in [2.75, 3.05) is 92.5 Å². The first-order chi connectivity index (χ1) is 66.0. The number of sulfone groups is 4. The fourth-order valence-electron chi connectivity index (χ4n) is 18.5. The normalized spacial score (nSPS) is 20.2. The summed E-state index contributed by atoms with van der Waals surface area (Å²) < 4.78 is 194. The van der Waals surface area contributed by atoms with Crippen LogP contribution in [0.2, 0.25) is 0 Å². The lowest BCUT2D eigenvalue weighted by Gasteiger charge is -2.39. The number of rotatable bonds is 22. The Bertz CT molecular complexity index is 7300. The van der Waals surface area contributed by atoms with Gasteiger partial charge in [-0.15, -0.1) is 10.2 Å². The molecule has 3 aromatic carbocycles. The molecule has 5 amide bonds. The lowest BCUT2D eigenvalue weighted by molar-refractivity contribution is -0.134. The molecular formula is C93H108F5N21O17S4. The highest BCUT2D eigenvalue weighted by atomic mass is 32.2. The third-order valence-corrected chi connectivity index (χ3v) is 33.4. The standard InChI is InChI=1S/C25H30FN5O4S.C24H26FN5O5S.C22H26F2N6O4S.C22H26FN5O4S/c1-16(26)35-20-6-4-5-17(11-20)22-23-21(31(29-22)19-7-9-30(3)10-8-19)12-18(13-27-23)24(32)28-25(2)14-36(33,34)15-25;1-14(25)35-19-6-4-5-16(7-19)21-22-20(30(28-21)18-10-29(11-18)15(2)31)8-17(9-26-22)23(32)27-24(3)12-36(33,34)13-24;1-12(2)30-17-10-16(21(31)26-22(4)5-7-35(32,33)8-6-22)27-28-20(17)19(29-30)14-9-18(34-13(3)23)25-11-15(14)24;1-22(6-10-33(30,31)13-22)25-21(29)15-12-19-16(11-17(15)23)20(18-3-7-24-27(18)2)26-28(19)14-4-8-32-9-5-14/h4-6,11-13,16,19H,7-10,14-15H2,1-3H3,(H,28,32);4-9,14,18H,10-13H2,1-3H3,(H,27,32);9-13H,5-8H2,1-4H3,(H,26,31);3,7,11-12,14H,4-6,8-10,13H2,1-2H3,(H,25,29)/t;;;22-/m...0/s1. The largest absolute Gasteiger partial charge is 0.461 e. The average molecular weight is 2020 g/mol. The number of carbonyl (C=O) groups excluding carboxylic acids is 5. The van der Waals surface area contributed by atoms with Crippen LogP contribution in [0.5, 0.6) is 17.4 Å². The summed E-state index contributed by atoms with van der Waals surface area (Å²) in [6, 6.07) is 24.7. The average Bonchev–Trinajstić information content (AvgIpc) is 1.60. The van der Waals surface area contributed by atoms with Crippen LogP contribution in [-0.4, -0.2) is 281 Å². The number of carbonyl (C=O) groups is 5. The van der Waals surface area contributed by atoms with Crippen molar-refractivity contribution in [2.24, 2.45) is 7.05 Å². The molecule has 47 heteroatoms. The molecule has 4 N–H and O–H groups in total. The quantitative estimate of drug-likeness (QED) is 0.0458. The Morgan fingerprint density at radius 2 is 0.986 bits per heavy atom. The topological polar surface area (TPSA) is 467 Å². The first-order valence-electron chi connectivity index (χ1n) is 45.6. The van der Waals surface area contributed by atoms with Crippen molar-refractivity contribution in [1.82, 2.24) is 105 Å². The van der Waals surface area contributed by atoms with Gasteiger partial charge in [0.1, 0.15) is 66.5 Å². The molecule has 16 heterocycles. The second-order valence-corrected chi connectivity index (χ2v) is 46.8. The van der Waals surface area contributed by atoms with E-state index in [4.69, 9.17) is 34.2 Å². The molecule has 0 saturated carbocycles. The number of pyridine rings is 3. The number of aryl methyl sites for hydroxylation is 1. The van der Waals surface area contributed by atoms with Gasteiger partial charge in [-0.25, -0.2) is 60.6 Å². The number of amides is 5. The van der Waals surface area contributed by atoms with Crippen LogP contribution in [0, 0.1) is 11.6 Å². The van der Waals surface area contributed by atoms with Crippen LogP contribution in [-0.2, 0) is 55.9 Å². The molecule has 3 unspecified atom stereocenters. The molecule has 19 rings (SSSR count). The fraction of sp³-hybridized carbons (Fsp3) is 0.473. The smallest absolute Gasteiger partial charge is 0.272 e. The molecule has 7 aliphatic heterocycles. The number of benzene rings is 3. The van der Waals surface area contributed by atoms with Crippen LogP contribution in [0.1, 0.15) is 180 Å². The maximum atomic E-state index is 15.2. The molecule has 4 atom stereocenters. The van der Waals surface area contributed by atoms with Crippen LogP contribution in [0.4, 0.5) is 22.0 Å². The Morgan fingerprint density at radius 3 is 1.49 bits per heavy atom. The minimum atomic E-state index is -3.22. The van der Waals surface area contributed by atoms with Crippen LogP contribution in [0.3, 0.4) is 0 Å². The van der Waals surface area contributed by atoms with Crippen LogP contribution < -0.4 is 35.5 Å². The predicted octanol–water partition coefficient (Wildman–Crippen LogP) is 10.3. The van der Waals surface area contributed by atoms with E-state index in [1.807, 2.05) is 41.4 Å². The minimum absolute atomic E-state index is 0.00229. The van der Waals surface area contributed by atoms with E-state index in [1.165, 1.54) is 64.4 Å².